The minimum atomic E-state index is -1.33. The first-order valence-electron chi connectivity index (χ1n) is 6.51. The van der Waals surface area contributed by atoms with Crippen LogP contribution in [0.15, 0.2) is 30.3 Å². The van der Waals surface area contributed by atoms with Crippen LogP contribution in [-0.4, -0.2) is 41.3 Å². The molecule has 0 radical (unpaired) electrons. The second-order valence-electron chi connectivity index (χ2n) is 5.13. The number of carbonyl (C=O) groups excluding carboxylic acids is 1. The molecule has 1 saturated heterocycles. The van der Waals surface area contributed by atoms with Crippen LogP contribution in [0.5, 0.6) is 0 Å². The lowest BCUT2D eigenvalue weighted by Crippen LogP contribution is -2.52. The first-order valence-corrected chi connectivity index (χ1v) is 6.51. The zero-order chi connectivity index (χ0) is 13.7. The van der Waals surface area contributed by atoms with E-state index in [1.807, 2.05) is 18.2 Å². The van der Waals surface area contributed by atoms with E-state index in [0.29, 0.717) is 12.8 Å². The summed E-state index contributed by atoms with van der Waals surface area (Å²) >= 11 is 0. The number of amides is 1. The third-order valence-electron chi connectivity index (χ3n) is 3.60. The third-order valence-corrected chi connectivity index (χ3v) is 3.60. The van der Waals surface area contributed by atoms with Crippen molar-refractivity contribution in [3.8, 4) is 0 Å². The number of benzene rings is 1. The van der Waals surface area contributed by atoms with E-state index in [1.165, 1.54) is 5.56 Å². The van der Waals surface area contributed by atoms with Gasteiger partial charge >= 0.3 is 0 Å². The van der Waals surface area contributed by atoms with Gasteiger partial charge < -0.3 is 20.3 Å². The molecule has 0 spiro atoms. The van der Waals surface area contributed by atoms with E-state index in [2.05, 4.69) is 22.3 Å². The molecule has 1 aliphatic rings. The van der Waals surface area contributed by atoms with Crippen molar-refractivity contribution in [2.24, 2.45) is 0 Å². The minimum absolute atomic E-state index is 0.0501. The molecular weight excluding hydrogens is 244 g/mol. The van der Waals surface area contributed by atoms with Crippen molar-refractivity contribution in [2.45, 2.75) is 25.0 Å². The fourth-order valence-corrected chi connectivity index (χ4v) is 2.38. The van der Waals surface area contributed by atoms with Crippen LogP contribution in [0.25, 0.3) is 0 Å². The Kier molecular flexibility index (Phi) is 4.39. The van der Waals surface area contributed by atoms with Gasteiger partial charge in [0.2, 0.25) is 0 Å². The normalized spacial score (nSPS) is 19.0. The van der Waals surface area contributed by atoms with Crippen molar-refractivity contribution in [3.05, 3.63) is 35.9 Å². The third kappa shape index (κ3) is 4.22. The molecule has 0 bridgehead atoms. The van der Waals surface area contributed by atoms with E-state index < -0.39 is 11.7 Å². The molecule has 0 unspecified atom stereocenters. The van der Waals surface area contributed by atoms with Gasteiger partial charge in [-0.3, -0.25) is 4.90 Å². The fraction of sp³-hybridized carbons (Fsp3) is 0.500. The van der Waals surface area contributed by atoms with Crippen LogP contribution < -0.4 is 10.4 Å². The number of nitrogens with zero attached hydrogens (tertiary/aromatic N) is 1. The Bertz CT molecular complexity index is 414. The number of hydrogen-bond acceptors (Lipinski definition) is 4. The quantitative estimate of drug-likeness (QED) is 0.798. The summed E-state index contributed by atoms with van der Waals surface area (Å²) in [6.07, 6.45) is -0.194. The Labute approximate surface area is 112 Å². The van der Waals surface area contributed by atoms with Gasteiger partial charge in [0.05, 0.1) is 5.60 Å². The molecule has 5 nitrogen and oxygen atoms in total. The molecule has 1 aromatic rings. The second kappa shape index (κ2) is 6.04. The van der Waals surface area contributed by atoms with Gasteiger partial charge in [0.1, 0.15) is 6.09 Å². The highest BCUT2D eigenvalue weighted by molar-refractivity contribution is 5.61. The number of nitrogens with one attached hydrogen (secondary N) is 1. The molecule has 1 aliphatic heterocycles. The molecular formula is C14H19N2O3-. The van der Waals surface area contributed by atoms with Crippen LogP contribution in [0, 0.1) is 0 Å². The smallest absolute Gasteiger partial charge is 0.134 e. The van der Waals surface area contributed by atoms with Crippen LogP contribution >= 0.6 is 0 Å². The topological polar surface area (TPSA) is 75.6 Å². The molecule has 1 heterocycles. The van der Waals surface area contributed by atoms with Crippen molar-refractivity contribution in [1.29, 1.82) is 0 Å². The minimum Gasteiger partial charge on any atom is -0.530 e. The van der Waals surface area contributed by atoms with E-state index in [0.717, 1.165) is 19.6 Å². The summed E-state index contributed by atoms with van der Waals surface area (Å²) in [5, 5.41) is 22.7. The Hall–Kier alpha value is -1.59. The highest BCUT2D eigenvalue weighted by atomic mass is 16.4. The summed E-state index contributed by atoms with van der Waals surface area (Å²) in [6, 6.07) is 10.2. The summed E-state index contributed by atoms with van der Waals surface area (Å²) in [5.74, 6) is 0. The molecule has 104 valence electrons. The molecule has 5 heteroatoms. The van der Waals surface area contributed by atoms with Gasteiger partial charge in [-0.25, -0.2) is 0 Å². The van der Waals surface area contributed by atoms with Gasteiger partial charge in [-0.2, -0.15) is 0 Å². The number of rotatable bonds is 4. The Morgan fingerprint density at radius 2 is 1.95 bits per heavy atom. The number of carbonyl (C=O) groups is 1. The molecule has 0 atom stereocenters. The zero-order valence-electron chi connectivity index (χ0n) is 10.8. The maximum Gasteiger partial charge on any atom is 0.134 e. The van der Waals surface area contributed by atoms with Gasteiger partial charge in [-0.1, -0.05) is 30.3 Å². The molecule has 1 aromatic carbocycles. The maximum absolute atomic E-state index is 10.3. The summed E-state index contributed by atoms with van der Waals surface area (Å²) in [6.45, 7) is 2.44. The average molecular weight is 263 g/mol. The molecule has 1 fully saturated rings. The average Bonchev–Trinajstić information content (AvgIpc) is 2.41. The largest absolute Gasteiger partial charge is 0.530 e. The van der Waals surface area contributed by atoms with Crippen LogP contribution in [0.3, 0.4) is 0 Å². The maximum atomic E-state index is 10.3. The van der Waals surface area contributed by atoms with Gasteiger partial charge in [-0.15, -0.1) is 0 Å². The molecule has 2 rings (SSSR count). The molecule has 0 saturated carbocycles. The Balaban J connectivity index is 1.80. The summed E-state index contributed by atoms with van der Waals surface area (Å²) in [4.78, 5) is 12.6. The van der Waals surface area contributed by atoms with Crippen LogP contribution in [0.1, 0.15) is 18.4 Å². The lowest BCUT2D eigenvalue weighted by molar-refractivity contribution is -0.251. The number of likely N-dealkylation sites (tertiary alicyclic amines) is 1. The number of hydrogen-bond donors (Lipinski definition) is 2. The predicted octanol–water partition coefficient (Wildman–Crippen LogP) is -0.0536. The highest BCUT2D eigenvalue weighted by Gasteiger charge is 2.31. The van der Waals surface area contributed by atoms with E-state index in [-0.39, 0.29) is 6.54 Å². The number of carboxylic acid groups (broad SMARTS) is 1. The zero-order valence-corrected chi connectivity index (χ0v) is 10.8. The summed E-state index contributed by atoms with van der Waals surface area (Å²) < 4.78 is 0. The first-order chi connectivity index (χ1) is 9.07. The van der Waals surface area contributed by atoms with Gasteiger partial charge in [0.25, 0.3) is 0 Å². The lowest BCUT2D eigenvalue weighted by atomic mass is 9.91. The van der Waals surface area contributed by atoms with E-state index in [1.54, 1.807) is 0 Å². The van der Waals surface area contributed by atoms with Crippen molar-refractivity contribution < 1.29 is 15.0 Å². The lowest BCUT2D eigenvalue weighted by Gasteiger charge is -2.38. The SMILES string of the molecule is O=C([O-])NCC1(O)CCN(Cc2ccccc2)CC1. The van der Waals surface area contributed by atoms with Crippen molar-refractivity contribution >= 4 is 6.09 Å². The van der Waals surface area contributed by atoms with Gasteiger partial charge in [0, 0.05) is 26.2 Å². The standard InChI is InChI=1S/C14H20N2O3/c17-13(18)15-11-14(19)6-8-16(9-7-14)10-12-4-2-1-3-5-12/h1-5,15,19H,6-11H2,(H,17,18)/p-1. The predicted molar refractivity (Wildman–Crippen MR) is 69.3 cm³/mol. The number of piperidine rings is 1. The Morgan fingerprint density at radius 3 is 2.53 bits per heavy atom. The van der Waals surface area contributed by atoms with E-state index in [4.69, 9.17) is 0 Å². The van der Waals surface area contributed by atoms with Gasteiger partial charge in [0.15, 0.2) is 0 Å². The highest BCUT2D eigenvalue weighted by Crippen LogP contribution is 2.22. The second-order valence-corrected chi connectivity index (χ2v) is 5.13. The molecule has 2 N–H and O–H groups in total. The number of aliphatic hydroxyl groups is 1. The van der Waals surface area contributed by atoms with Crippen molar-refractivity contribution in [2.75, 3.05) is 19.6 Å². The molecule has 0 aliphatic carbocycles. The monoisotopic (exact) mass is 263 g/mol. The van der Waals surface area contributed by atoms with Crippen molar-refractivity contribution in [3.63, 3.8) is 0 Å². The molecule has 19 heavy (non-hydrogen) atoms. The summed E-state index contributed by atoms with van der Waals surface area (Å²) in [7, 11) is 0. The van der Waals surface area contributed by atoms with E-state index >= 15 is 0 Å². The Morgan fingerprint density at radius 1 is 1.32 bits per heavy atom. The van der Waals surface area contributed by atoms with Crippen LogP contribution in [-0.2, 0) is 6.54 Å². The van der Waals surface area contributed by atoms with Crippen LogP contribution in [0.2, 0.25) is 0 Å². The summed E-state index contributed by atoms with van der Waals surface area (Å²) in [5.41, 5.74) is 0.313. The van der Waals surface area contributed by atoms with Crippen LogP contribution in [0.4, 0.5) is 4.79 Å². The van der Waals surface area contributed by atoms with E-state index in [9.17, 15) is 15.0 Å². The first kappa shape index (κ1) is 13.8. The molecule has 1 amide bonds. The van der Waals surface area contributed by atoms with Gasteiger partial charge in [-0.05, 0) is 18.4 Å². The molecule has 0 aromatic heterocycles. The van der Waals surface area contributed by atoms with Crippen molar-refractivity contribution in [1.82, 2.24) is 10.2 Å². The fourth-order valence-electron chi connectivity index (χ4n) is 2.38.